The van der Waals surface area contributed by atoms with Crippen molar-refractivity contribution < 1.29 is 14.3 Å². The van der Waals surface area contributed by atoms with Crippen molar-refractivity contribution in [2.75, 3.05) is 26.2 Å². The van der Waals surface area contributed by atoms with E-state index in [0.717, 1.165) is 31.1 Å². The van der Waals surface area contributed by atoms with E-state index in [1.54, 1.807) is 17.8 Å². The molecule has 0 unspecified atom stereocenters. The molecule has 0 bridgehead atoms. The Hall–Kier alpha value is -1.76. The molecule has 6 heteroatoms. The molecule has 0 saturated carbocycles. The second kappa shape index (κ2) is 9.30. The molecular formula is C16H20N2O3S. The molecule has 3 N–H and O–H groups in total. The van der Waals surface area contributed by atoms with Crippen molar-refractivity contribution in [1.29, 1.82) is 0 Å². The first kappa shape index (κ1) is 16.6. The summed E-state index contributed by atoms with van der Waals surface area (Å²) >= 11 is 1.61. The summed E-state index contributed by atoms with van der Waals surface area (Å²) in [4.78, 5) is 11.7. The van der Waals surface area contributed by atoms with Crippen molar-refractivity contribution in [3.63, 3.8) is 0 Å². The maximum Gasteiger partial charge on any atom is 0.371 e. The summed E-state index contributed by atoms with van der Waals surface area (Å²) in [7, 11) is 0. The number of carboxylic acids is 1. The highest BCUT2D eigenvalue weighted by atomic mass is 32.2. The van der Waals surface area contributed by atoms with Gasteiger partial charge in [0, 0.05) is 31.1 Å². The minimum atomic E-state index is -1.03. The monoisotopic (exact) mass is 320 g/mol. The first-order chi connectivity index (χ1) is 10.8. The number of rotatable bonds is 4. The molecule has 1 saturated heterocycles. The molecule has 118 valence electrons. The van der Waals surface area contributed by atoms with Gasteiger partial charge in [-0.05, 0) is 24.3 Å². The lowest BCUT2D eigenvalue weighted by atomic mass is 10.4. The quantitative estimate of drug-likeness (QED) is 0.752. The van der Waals surface area contributed by atoms with Crippen molar-refractivity contribution >= 4 is 17.7 Å². The van der Waals surface area contributed by atoms with Gasteiger partial charge in [0.1, 0.15) is 5.76 Å². The van der Waals surface area contributed by atoms with Gasteiger partial charge in [-0.2, -0.15) is 0 Å². The number of aromatic carboxylic acids is 1. The third-order valence-electron chi connectivity index (χ3n) is 2.95. The smallest absolute Gasteiger partial charge is 0.371 e. The molecule has 0 radical (unpaired) electrons. The van der Waals surface area contributed by atoms with Crippen LogP contribution < -0.4 is 10.6 Å². The number of benzene rings is 1. The van der Waals surface area contributed by atoms with Crippen LogP contribution in [-0.4, -0.2) is 37.3 Å². The van der Waals surface area contributed by atoms with E-state index in [1.807, 2.05) is 30.3 Å². The van der Waals surface area contributed by atoms with Gasteiger partial charge in [-0.15, -0.1) is 11.8 Å². The summed E-state index contributed by atoms with van der Waals surface area (Å²) in [5, 5.41) is 15.1. The van der Waals surface area contributed by atoms with Gasteiger partial charge >= 0.3 is 5.97 Å². The van der Waals surface area contributed by atoms with Crippen LogP contribution in [0, 0.1) is 0 Å². The molecule has 22 heavy (non-hydrogen) atoms. The first-order valence-corrected chi connectivity index (χ1v) is 8.15. The molecule has 3 rings (SSSR count). The van der Waals surface area contributed by atoms with E-state index < -0.39 is 5.97 Å². The molecule has 1 aliphatic heterocycles. The SMILES string of the molecule is C1CNCCN1.O=C(O)c1ccc(CSc2ccccc2)o1. The third-order valence-corrected chi connectivity index (χ3v) is 3.99. The number of piperazine rings is 1. The molecule has 2 heterocycles. The Morgan fingerprint density at radius 3 is 2.18 bits per heavy atom. The highest BCUT2D eigenvalue weighted by molar-refractivity contribution is 7.98. The van der Waals surface area contributed by atoms with Crippen molar-refractivity contribution in [3.8, 4) is 0 Å². The van der Waals surface area contributed by atoms with E-state index in [4.69, 9.17) is 9.52 Å². The van der Waals surface area contributed by atoms with E-state index >= 15 is 0 Å². The number of nitrogens with one attached hydrogen (secondary N) is 2. The molecular weight excluding hydrogens is 300 g/mol. The van der Waals surface area contributed by atoms with Gasteiger partial charge in [-0.1, -0.05) is 18.2 Å². The van der Waals surface area contributed by atoms with Crippen molar-refractivity contribution in [3.05, 3.63) is 54.0 Å². The van der Waals surface area contributed by atoms with Gasteiger partial charge in [-0.3, -0.25) is 0 Å². The Morgan fingerprint density at radius 1 is 1.05 bits per heavy atom. The standard InChI is InChI=1S/C12H10O3S.C4H10N2/c13-12(14)11-7-6-9(15-11)8-16-10-4-2-1-3-5-10;1-2-6-4-3-5-1/h1-7H,8H2,(H,13,14);5-6H,1-4H2. The minimum absolute atomic E-state index is 0.0105. The van der Waals surface area contributed by atoms with Gasteiger partial charge < -0.3 is 20.2 Å². The number of carboxylic acid groups (broad SMARTS) is 1. The van der Waals surface area contributed by atoms with Crippen LogP contribution >= 0.6 is 11.8 Å². The predicted molar refractivity (Wildman–Crippen MR) is 87.4 cm³/mol. The van der Waals surface area contributed by atoms with E-state index in [2.05, 4.69) is 10.6 Å². The topological polar surface area (TPSA) is 74.5 Å². The summed E-state index contributed by atoms with van der Waals surface area (Å²) in [6.45, 7) is 4.56. The second-order valence-corrected chi connectivity index (χ2v) is 5.72. The number of carbonyl (C=O) groups is 1. The largest absolute Gasteiger partial charge is 0.475 e. The van der Waals surface area contributed by atoms with Gasteiger partial charge in [0.05, 0.1) is 5.75 Å². The fraction of sp³-hybridized carbons (Fsp3) is 0.312. The molecule has 5 nitrogen and oxygen atoms in total. The molecule has 0 aliphatic carbocycles. The molecule has 1 fully saturated rings. The average Bonchev–Trinajstić information content (AvgIpc) is 3.05. The lowest BCUT2D eigenvalue weighted by Crippen LogP contribution is -2.39. The molecule has 0 spiro atoms. The fourth-order valence-corrected chi connectivity index (χ4v) is 2.66. The molecule has 1 aliphatic rings. The van der Waals surface area contributed by atoms with Crippen LogP contribution in [0.15, 0.2) is 51.8 Å². The van der Waals surface area contributed by atoms with E-state index in [9.17, 15) is 4.79 Å². The van der Waals surface area contributed by atoms with Crippen molar-refractivity contribution in [2.45, 2.75) is 10.6 Å². The Bertz CT molecular complexity index is 556. The van der Waals surface area contributed by atoms with Crippen LogP contribution in [0.3, 0.4) is 0 Å². The minimum Gasteiger partial charge on any atom is -0.475 e. The van der Waals surface area contributed by atoms with Crippen LogP contribution in [0.1, 0.15) is 16.3 Å². The summed E-state index contributed by atoms with van der Waals surface area (Å²) in [6, 6.07) is 13.1. The Balaban J connectivity index is 0.000000246. The maximum absolute atomic E-state index is 10.6. The molecule has 1 aromatic heterocycles. The fourth-order valence-electron chi connectivity index (χ4n) is 1.85. The maximum atomic E-state index is 10.6. The van der Waals surface area contributed by atoms with Crippen LogP contribution in [0.2, 0.25) is 0 Å². The normalized spacial score (nSPS) is 14.0. The van der Waals surface area contributed by atoms with Gasteiger partial charge in [-0.25, -0.2) is 4.79 Å². The second-order valence-electron chi connectivity index (χ2n) is 4.67. The van der Waals surface area contributed by atoms with Crippen LogP contribution in [0.25, 0.3) is 0 Å². The number of hydrogen-bond acceptors (Lipinski definition) is 5. The molecule has 2 aromatic rings. The van der Waals surface area contributed by atoms with Gasteiger partial charge in [0.25, 0.3) is 0 Å². The van der Waals surface area contributed by atoms with E-state index in [1.165, 1.54) is 6.07 Å². The lowest BCUT2D eigenvalue weighted by Gasteiger charge is -2.11. The van der Waals surface area contributed by atoms with Crippen LogP contribution in [-0.2, 0) is 5.75 Å². The van der Waals surface area contributed by atoms with E-state index in [-0.39, 0.29) is 5.76 Å². The van der Waals surface area contributed by atoms with E-state index in [0.29, 0.717) is 11.5 Å². The zero-order valence-electron chi connectivity index (χ0n) is 12.2. The predicted octanol–water partition coefficient (Wildman–Crippen LogP) is 2.45. The number of furan rings is 1. The number of thioether (sulfide) groups is 1. The summed E-state index contributed by atoms with van der Waals surface area (Å²) in [6.07, 6.45) is 0. The van der Waals surface area contributed by atoms with Crippen LogP contribution in [0.5, 0.6) is 0 Å². The van der Waals surface area contributed by atoms with Crippen molar-refractivity contribution in [2.24, 2.45) is 0 Å². The zero-order chi connectivity index (χ0) is 15.6. The summed E-state index contributed by atoms with van der Waals surface area (Å²) in [5.74, 6) is 0.267. The highest BCUT2D eigenvalue weighted by Crippen LogP contribution is 2.23. The highest BCUT2D eigenvalue weighted by Gasteiger charge is 2.08. The molecule has 1 aromatic carbocycles. The van der Waals surface area contributed by atoms with Crippen LogP contribution in [0.4, 0.5) is 0 Å². The Labute approximate surface area is 134 Å². The molecule has 0 amide bonds. The molecule has 0 atom stereocenters. The van der Waals surface area contributed by atoms with Gasteiger partial charge in [0.2, 0.25) is 5.76 Å². The van der Waals surface area contributed by atoms with Crippen molar-refractivity contribution in [1.82, 2.24) is 10.6 Å². The average molecular weight is 320 g/mol. The Kier molecular flexibility index (Phi) is 7.02. The Morgan fingerprint density at radius 2 is 1.68 bits per heavy atom. The first-order valence-electron chi connectivity index (χ1n) is 7.17. The third kappa shape index (κ3) is 5.93. The lowest BCUT2D eigenvalue weighted by molar-refractivity contribution is 0.0661. The zero-order valence-corrected chi connectivity index (χ0v) is 13.1. The summed E-state index contributed by atoms with van der Waals surface area (Å²) < 4.78 is 5.15. The van der Waals surface area contributed by atoms with Gasteiger partial charge in [0.15, 0.2) is 0 Å². The summed E-state index contributed by atoms with van der Waals surface area (Å²) in [5.41, 5.74) is 0. The number of hydrogen-bond donors (Lipinski definition) is 3.